The Bertz CT molecular complexity index is 850. The lowest BCUT2D eigenvalue weighted by atomic mass is 9.94. The molecule has 2 aromatic rings. The van der Waals surface area contributed by atoms with Crippen LogP contribution in [0.2, 0.25) is 0 Å². The highest BCUT2D eigenvalue weighted by Crippen LogP contribution is 2.18. The lowest BCUT2D eigenvalue weighted by Crippen LogP contribution is -3.16. The minimum atomic E-state index is -0.346. The molecule has 1 aliphatic heterocycles. The van der Waals surface area contributed by atoms with E-state index in [0.717, 1.165) is 12.2 Å². The van der Waals surface area contributed by atoms with E-state index in [1.807, 2.05) is 30.3 Å². The van der Waals surface area contributed by atoms with Crippen molar-refractivity contribution in [3.05, 3.63) is 62.3 Å². The molecule has 1 aliphatic carbocycles. The van der Waals surface area contributed by atoms with Gasteiger partial charge in [-0.3, -0.25) is 14.3 Å². The maximum atomic E-state index is 12.4. The summed E-state index contributed by atoms with van der Waals surface area (Å²) in [6, 6.07) is 10.5. The molecule has 1 fully saturated rings. The van der Waals surface area contributed by atoms with Crippen molar-refractivity contribution in [2.24, 2.45) is 0 Å². The van der Waals surface area contributed by atoms with Crippen molar-refractivity contribution in [3.63, 3.8) is 0 Å². The van der Waals surface area contributed by atoms with Crippen molar-refractivity contribution in [3.8, 4) is 0 Å². The highest BCUT2D eigenvalue weighted by Gasteiger charge is 2.31. The van der Waals surface area contributed by atoms with E-state index in [4.69, 9.17) is 0 Å². The van der Waals surface area contributed by atoms with E-state index < -0.39 is 0 Å². The molecule has 0 bridgehead atoms. The first-order valence-corrected chi connectivity index (χ1v) is 9.21. The fraction of sp³-hybridized carbons (Fsp3) is 0.474. The van der Waals surface area contributed by atoms with E-state index in [1.165, 1.54) is 37.0 Å². The highest BCUT2D eigenvalue weighted by atomic mass is 16.2. The Balaban J connectivity index is 1.65. The van der Waals surface area contributed by atoms with Crippen LogP contribution in [0, 0.1) is 0 Å². The molecule has 0 radical (unpaired) electrons. The number of anilines is 1. The first kappa shape index (κ1) is 16.1. The molecule has 2 aliphatic rings. The molecule has 6 nitrogen and oxygen atoms in total. The minimum absolute atomic E-state index is 0.246. The second-order valence-electron chi connectivity index (χ2n) is 7.18. The van der Waals surface area contributed by atoms with E-state index >= 15 is 0 Å². The van der Waals surface area contributed by atoms with Gasteiger partial charge in [-0.15, -0.1) is 0 Å². The number of hydrogen-bond acceptors (Lipinski definition) is 3. The molecular formula is C19H25N4O2+. The van der Waals surface area contributed by atoms with Gasteiger partial charge in [0.1, 0.15) is 17.9 Å². The molecule has 3 N–H and O–H groups in total. The summed E-state index contributed by atoms with van der Waals surface area (Å²) in [6.07, 6.45) is 6.35. The summed E-state index contributed by atoms with van der Waals surface area (Å²) < 4.78 is 1.66. The van der Waals surface area contributed by atoms with Crippen LogP contribution in [0.25, 0.3) is 0 Å². The number of aromatic nitrogens is 2. The molecule has 0 spiro atoms. The molecule has 0 saturated heterocycles. The molecule has 1 unspecified atom stereocenters. The van der Waals surface area contributed by atoms with Crippen LogP contribution in [0.15, 0.2) is 39.9 Å². The topological polar surface area (TPSA) is 71.3 Å². The van der Waals surface area contributed by atoms with Gasteiger partial charge in [0.2, 0.25) is 0 Å². The quantitative estimate of drug-likeness (QED) is 0.769. The predicted octanol–water partition coefficient (Wildman–Crippen LogP) is 0.685. The van der Waals surface area contributed by atoms with E-state index in [-0.39, 0.29) is 11.2 Å². The van der Waals surface area contributed by atoms with Crippen molar-refractivity contribution >= 4 is 5.82 Å². The van der Waals surface area contributed by atoms with Gasteiger partial charge in [-0.05, 0) is 31.2 Å². The third-order valence-corrected chi connectivity index (χ3v) is 5.55. The van der Waals surface area contributed by atoms with Crippen LogP contribution < -0.4 is 21.5 Å². The lowest BCUT2D eigenvalue weighted by Gasteiger charge is -2.35. The fourth-order valence-corrected chi connectivity index (χ4v) is 4.18. The van der Waals surface area contributed by atoms with Crippen LogP contribution in [0.5, 0.6) is 0 Å². The number of hydrogen-bond donors (Lipinski definition) is 3. The first-order valence-electron chi connectivity index (χ1n) is 9.21. The first-order chi connectivity index (χ1) is 12.2. The van der Waals surface area contributed by atoms with Crippen molar-refractivity contribution in [1.82, 2.24) is 9.55 Å². The van der Waals surface area contributed by atoms with Gasteiger partial charge in [-0.25, -0.2) is 4.79 Å². The number of rotatable bonds is 3. The largest absolute Gasteiger partial charge is 0.330 e. The zero-order valence-corrected chi connectivity index (χ0v) is 14.4. The summed E-state index contributed by atoms with van der Waals surface area (Å²) in [5.41, 5.74) is 1.16. The molecule has 4 rings (SSSR count). The highest BCUT2D eigenvalue weighted by molar-refractivity contribution is 5.44. The monoisotopic (exact) mass is 341 g/mol. The minimum Gasteiger partial charge on any atom is -0.324 e. The number of benzene rings is 1. The van der Waals surface area contributed by atoms with Gasteiger partial charge in [0.25, 0.3) is 5.56 Å². The molecule has 2 heterocycles. The molecule has 1 aromatic heterocycles. The van der Waals surface area contributed by atoms with Crippen LogP contribution in [-0.2, 0) is 13.1 Å². The number of nitrogens with one attached hydrogen (secondary N) is 3. The number of H-pyrrole nitrogens is 1. The zero-order chi connectivity index (χ0) is 17.2. The van der Waals surface area contributed by atoms with Crippen LogP contribution in [-0.4, -0.2) is 22.3 Å². The summed E-state index contributed by atoms with van der Waals surface area (Å²) >= 11 is 0. The van der Waals surface area contributed by atoms with Gasteiger partial charge < -0.3 is 10.2 Å². The smallest absolute Gasteiger partial charge is 0.324 e. The van der Waals surface area contributed by atoms with Crippen molar-refractivity contribution < 1.29 is 4.90 Å². The lowest BCUT2D eigenvalue weighted by molar-refractivity contribution is -0.938. The Kier molecular flexibility index (Phi) is 4.44. The fourth-order valence-electron chi connectivity index (χ4n) is 4.18. The van der Waals surface area contributed by atoms with Crippen LogP contribution in [0.3, 0.4) is 0 Å². The van der Waals surface area contributed by atoms with Gasteiger partial charge >= 0.3 is 5.69 Å². The number of fused-ring (bicyclic) bond motifs is 1. The Hall–Kier alpha value is -2.34. The summed E-state index contributed by atoms with van der Waals surface area (Å²) in [7, 11) is 0. The van der Waals surface area contributed by atoms with Gasteiger partial charge in [-0.2, -0.15) is 0 Å². The molecule has 1 atom stereocenters. The van der Waals surface area contributed by atoms with Gasteiger partial charge in [0.05, 0.1) is 12.6 Å². The standard InChI is InChI=1S/C19H24N4O2/c24-18-16-12-22(15-9-5-2-6-10-15)13-20-17(16)23(19(25)21-18)11-14-7-3-1-4-8-14/h1,3-4,7-8,15,20H,2,5-6,9-13H2,(H,21,24,25)/p+1. The Morgan fingerprint density at radius 3 is 2.60 bits per heavy atom. The normalized spacial score (nSPS) is 20.7. The predicted molar refractivity (Wildman–Crippen MR) is 96.9 cm³/mol. The SMILES string of the molecule is O=c1[nH]c(=O)n(Cc2ccccc2)c2c1C[NH+](C1CCCCC1)CN2. The summed E-state index contributed by atoms with van der Waals surface area (Å²) in [4.78, 5) is 28.7. The molecule has 25 heavy (non-hydrogen) atoms. The zero-order valence-electron chi connectivity index (χ0n) is 14.4. The molecule has 1 aromatic carbocycles. The van der Waals surface area contributed by atoms with Crippen molar-refractivity contribution in [1.29, 1.82) is 0 Å². The molecule has 132 valence electrons. The third kappa shape index (κ3) is 3.26. The van der Waals surface area contributed by atoms with Crippen LogP contribution >= 0.6 is 0 Å². The van der Waals surface area contributed by atoms with E-state index in [9.17, 15) is 9.59 Å². The van der Waals surface area contributed by atoms with Crippen molar-refractivity contribution in [2.75, 3.05) is 12.0 Å². The molecule has 0 amide bonds. The maximum Gasteiger partial charge on any atom is 0.330 e. The second kappa shape index (κ2) is 6.88. The van der Waals surface area contributed by atoms with E-state index in [2.05, 4.69) is 10.3 Å². The maximum absolute atomic E-state index is 12.4. The van der Waals surface area contributed by atoms with Crippen LogP contribution in [0.4, 0.5) is 5.82 Å². The average molecular weight is 341 g/mol. The van der Waals surface area contributed by atoms with Gasteiger partial charge in [0.15, 0.2) is 6.67 Å². The number of nitrogens with zero attached hydrogens (tertiary/aromatic N) is 1. The van der Waals surface area contributed by atoms with Crippen molar-refractivity contribution in [2.45, 2.75) is 51.2 Å². The molecule has 6 heteroatoms. The van der Waals surface area contributed by atoms with Gasteiger partial charge in [-0.1, -0.05) is 36.8 Å². The molecular weight excluding hydrogens is 316 g/mol. The van der Waals surface area contributed by atoms with E-state index in [0.29, 0.717) is 30.5 Å². The average Bonchev–Trinajstić information content (AvgIpc) is 2.66. The summed E-state index contributed by atoms with van der Waals surface area (Å²) in [6.45, 7) is 1.93. The van der Waals surface area contributed by atoms with Gasteiger partial charge in [0, 0.05) is 0 Å². The third-order valence-electron chi connectivity index (χ3n) is 5.55. The summed E-state index contributed by atoms with van der Waals surface area (Å²) in [5, 5.41) is 3.39. The summed E-state index contributed by atoms with van der Waals surface area (Å²) in [5.74, 6) is 0.692. The van der Waals surface area contributed by atoms with Crippen LogP contribution in [0.1, 0.15) is 43.2 Å². The Labute approximate surface area is 146 Å². The molecule has 1 saturated carbocycles. The van der Waals surface area contributed by atoms with E-state index in [1.54, 1.807) is 4.57 Å². The Morgan fingerprint density at radius 2 is 1.84 bits per heavy atom. The Morgan fingerprint density at radius 1 is 1.08 bits per heavy atom. The second-order valence-corrected chi connectivity index (χ2v) is 7.18. The number of quaternary nitrogens is 1. The number of aromatic amines is 1.